The number of aryl methyl sites for hydroxylation is 1. The Balaban J connectivity index is 0.00000225. The Bertz CT molecular complexity index is 855. The summed E-state index contributed by atoms with van der Waals surface area (Å²) in [6, 6.07) is 2.27. The maximum absolute atomic E-state index is 12.7. The minimum atomic E-state index is -4.43. The molecule has 0 spiro atoms. The van der Waals surface area contributed by atoms with Crippen LogP contribution < -0.4 is 5.32 Å². The van der Waals surface area contributed by atoms with Crippen LogP contribution in [0.5, 0.6) is 0 Å². The van der Waals surface area contributed by atoms with E-state index in [1.165, 1.54) is 10.7 Å². The number of carbonyl (C=O) groups excluding carboxylic acids is 1. The lowest BCUT2D eigenvalue weighted by atomic mass is 10.1. The van der Waals surface area contributed by atoms with E-state index in [0.29, 0.717) is 23.1 Å². The SMILES string of the molecule is CNCC1CCN(C(=O)Cc2c(C)nn(-c3ccc(C(F)(F)F)cn3)c2C)C1.Cl.Cl. The maximum atomic E-state index is 12.7. The minimum Gasteiger partial charge on any atom is -0.342 e. The number of hydrogen-bond donors (Lipinski definition) is 1. The molecule has 1 N–H and O–H groups in total. The van der Waals surface area contributed by atoms with E-state index in [1.807, 2.05) is 11.9 Å². The molecule has 2 aromatic rings. The van der Waals surface area contributed by atoms with Crippen molar-refractivity contribution in [2.45, 2.75) is 32.9 Å². The number of amides is 1. The lowest BCUT2D eigenvalue weighted by Gasteiger charge is -2.16. The van der Waals surface area contributed by atoms with E-state index in [1.54, 1.807) is 13.8 Å². The number of nitrogens with zero attached hydrogens (tertiary/aromatic N) is 4. The second-order valence-corrected chi connectivity index (χ2v) is 7.19. The highest BCUT2D eigenvalue weighted by atomic mass is 35.5. The first kappa shape index (κ1) is 26.2. The van der Waals surface area contributed by atoms with E-state index in [0.717, 1.165) is 43.9 Å². The second-order valence-electron chi connectivity index (χ2n) is 7.19. The zero-order chi connectivity index (χ0) is 20.5. The molecule has 168 valence electrons. The van der Waals surface area contributed by atoms with Gasteiger partial charge in [0, 0.05) is 30.5 Å². The van der Waals surface area contributed by atoms with Crippen molar-refractivity contribution in [2.24, 2.45) is 5.92 Å². The molecule has 6 nitrogen and oxygen atoms in total. The standard InChI is InChI=1S/C19H24F3N5O.2ClH/c1-12-16(8-18(28)26-7-6-14(11-26)9-23-3)13(2)27(25-12)17-5-4-15(10-24-17)19(20,21)22;;/h4-5,10,14,23H,6-9,11H2,1-3H3;2*1H. The van der Waals surface area contributed by atoms with Gasteiger partial charge in [-0.05, 0) is 51.9 Å². The van der Waals surface area contributed by atoms with Gasteiger partial charge in [-0.3, -0.25) is 4.79 Å². The van der Waals surface area contributed by atoms with E-state index in [2.05, 4.69) is 15.4 Å². The number of hydrogen-bond acceptors (Lipinski definition) is 4. The molecule has 1 aliphatic rings. The molecule has 0 aliphatic carbocycles. The van der Waals surface area contributed by atoms with Crippen molar-refractivity contribution < 1.29 is 18.0 Å². The highest BCUT2D eigenvalue weighted by molar-refractivity contribution is 5.85. The molecule has 1 atom stereocenters. The number of aromatic nitrogens is 3. The van der Waals surface area contributed by atoms with Crippen LogP contribution in [0.1, 0.15) is 28.9 Å². The van der Waals surface area contributed by atoms with E-state index >= 15 is 0 Å². The summed E-state index contributed by atoms with van der Waals surface area (Å²) in [5.41, 5.74) is 1.38. The van der Waals surface area contributed by atoms with Crippen molar-refractivity contribution in [3.63, 3.8) is 0 Å². The average Bonchev–Trinajstić information content (AvgIpc) is 3.21. The number of rotatable bonds is 5. The maximum Gasteiger partial charge on any atom is 0.417 e. The third-order valence-electron chi connectivity index (χ3n) is 5.19. The van der Waals surface area contributed by atoms with Gasteiger partial charge in [0.05, 0.1) is 17.7 Å². The second kappa shape index (κ2) is 10.5. The fraction of sp³-hybridized carbons (Fsp3) is 0.526. The molecule has 2 aromatic heterocycles. The summed E-state index contributed by atoms with van der Waals surface area (Å²) in [5.74, 6) is 0.808. The number of nitrogens with one attached hydrogen (secondary N) is 1. The molecule has 1 unspecified atom stereocenters. The number of alkyl halides is 3. The van der Waals surface area contributed by atoms with Crippen molar-refractivity contribution >= 4 is 30.7 Å². The van der Waals surface area contributed by atoms with Gasteiger partial charge >= 0.3 is 6.18 Å². The number of carbonyl (C=O) groups is 1. The molecule has 0 aromatic carbocycles. The number of likely N-dealkylation sites (tertiary alicyclic amines) is 1. The summed E-state index contributed by atoms with van der Waals surface area (Å²) >= 11 is 0. The lowest BCUT2D eigenvalue weighted by molar-refractivity contribution is -0.137. The summed E-state index contributed by atoms with van der Waals surface area (Å²) in [4.78, 5) is 18.5. The zero-order valence-electron chi connectivity index (χ0n) is 17.0. The van der Waals surface area contributed by atoms with Crippen LogP contribution in [0.25, 0.3) is 5.82 Å². The molecule has 0 radical (unpaired) electrons. The first-order valence-corrected chi connectivity index (χ1v) is 9.21. The molecule has 0 saturated carbocycles. The predicted molar refractivity (Wildman–Crippen MR) is 113 cm³/mol. The fourth-order valence-electron chi connectivity index (χ4n) is 3.61. The van der Waals surface area contributed by atoms with E-state index in [-0.39, 0.29) is 37.1 Å². The molecule has 1 fully saturated rings. The van der Waals surface area contributed by atoms with Gasteiger partial charge in [0.25, 0.3) is 0 Å². The van der Waals surface area contributed by atoms with Crippen LogP contribution in [0.15, 0.2) is 18.3 Å². The summed E-state index contributed by atoms with van der Waals surface area (Å²) in [6.07, 6.45) is -2.42. The molecule has 11 heteroatoms. The third-order valence-corrected chi connectivity index (χ3v) is 5.19. The van der Waals surface area contributed by atoms with Crippen molar-refractivity contribution in [1.29, 1.82) is 0 Å². The van der Waals surface area contributed by atoms with Gasteiger partial charge < -0.3 is 10.2 Å². The molecule has 1 aliphatic heterocycles. The monoisotopic (exact) mass is 467 g/mol. The topological polar surface area (TPSA) is 63.1 Å². The molecular weight excluding hydrogens is 442 g/mol. The molecule has 30 heavy (non-hydrogen) atoms. The van der Waals surface area contributed by atoms with Gasteiger partial charge in [0.15, 0.2) is 5.82 Å². The quantitative estimate of drug-likeness (QED) is 0.732. The average molecular weight is 468 g/mol. The zero-order valence-corrected chi connectivity index (χ0v) is 18.6. The Hall–Kier alpha value is -1.84. The van der Waals surface area contributed by atoms with Gasteiger partial charge in [-0.15, -0.1) is 24.8 Å². The Morgan fingerprint density at radius 3 is 2.53 bits per heavy atom. The predicted octanol–water partition coefficient (Wildman–Crippen LogP) is 3.36. The molecule has 1 saturated heterocycles. The summed E-state index contributed by atoms with van der Waals surface area (Å²) < 4.78 is 39.7. The molecular formula is C19H26Cl2F3N5O. The van der Waals surface area contributed by atoms with Crippen molar-refractivity contribution in [3.8, 4) is 5.82 Å². The molecule has 3 rings (SSSR count). The first-order valence-electron chi connectivity index (χ1n) is 9.21. The van der Waals surface area contributed by atoms with Crippen molar-refractivity contribution in [1.82, 2.24) is 25.0 Å². The first-order chi connectivity index (χ1) is 13.2. The van der Waals surface area contributed by atoms with Gasteiger partial charge in [0.1, 0.15) is 0 Å². The molecule has 1 amide bonds. The van der Waals surface area contributed by atoms with E-state index < -0.39 is 11.7 Å². The van der Waals surface area contributed by atoms with Gasteiger partial charge in [-0.25, -0.2) is 9.67 Å². The summed E-state index contributed by atoms with van der Waals surface area (Å²) in [7, 11) is 1.90. The van der Waals surface area contributed by atoms with Crippen LogP contribution in [0, 0.1) is 19.8 Å². The van der Waals surface area contributed by atoms with Crippen LogP contribution in [0.4, 0.5) is 13.2 Å². The Labute approximate surface area is 186 Å². The Kier molecular flexibility index (Phi) is 9.13. The van der Waals surface area contributed by atoms with Gasteiger partial charge in [-0.2, -0.15) is 18.3 Å². The number of pyridine rings is 1. The Morgan fingerprint density at radius 2 is 1.97 bits per heavy atom. The molecule has 0 bridgehead atoms. The van der Waals surface area contributed by atoms with Crippen LogP contribution in [-0.4, -0.2) is 52.3 Å². The number of halogens is 5. The minimum absolute atomic E-state index is 0. The highest BCUT2D eigenvalue weighted by Crippen LogP contribution is 2.29. The third kappa shape index (κ3) is 5.65. The van der Waals surface area contributed by atoms with Gasteiger partial charge in [-0.1, -0.05) is 0 Å². The molecule has 3 heterocycles. The highest BCUT2D eigenvalue weighted by Gasteiger charge is 2.31. The van der Waals surface area contributed by atoms with Crippen molar-refractivity contribution in [3.05, 3.63) is 40.8 Å². The Morgan fingerprint density at radius 1 is 1.27 bits per heavy atom. The summed E-state index contributed by atoms with van der Waals surface area (Å²) in [5, 5.41) is 7.53. The fourth-order valence-corrected chi connectivity index (χ4v) is 3.61. The van der Waals surface area contributed by atoms with Crippen LogP contribution >= 0.6 is 24.8 Å². The van der Waals surface area contributed by atoms with Crippen LogP contribution in [-0.2, 0) is 17.4 Å². The smallest absolute Gasteiger partial charge is 0.342 e. The lowest BCUT2D eigenvalue weighted by Crippen LogP contribution is -2.31. The van der Waals surface area contributed by atoms with E-state index in [9.17, 15) is 18.0 Å². The van der Waals surface area contributed by atoms with Crippen LogP contribution in [0.2, 0.25) is 0 Å². The van der Waals surface area contributed by atoms with Crippen LogP contribution in [0.3, 0.4) is 0 Å². The van der Waals surface area contributed by atoms with E-state index in [4.69, 9.17) is 0 Å². The largest absolute Gasteiger partial charge is 0.417 e. The van der Waals surface area contributed by atoms with Crippen molar-refractivity contribution in [2.75, 3.05) is 26.7 Å². The normalized spacial score (nSPS) is 16.2. The van der Waals surface area contributed by atoms with Gasteiger partial charge in [0.2, 0.25) is 5.91 Å². The summed E-state index contributed by atoms with van der Waals surface area (Å²) in [6.45, 7) is 5.98.